The van der Waals surface area contributed by atoms with Crippen molar-refractivity contribution >= 4 is 22.9 Å². The Morgan fingerprint density at radius 1 is 1.09 bits per heavy atom. The van der Waals surface area contributed by atoms with Crippen LogP contribution in [0.15, 0.2) is 76.6 Å². The Labute approximate surface area is 183 Å². The molecule has 0 radical (unpaired) electrons. The molecule has 0 aliphatic carbocycles. The Hall–Kier alpha value is -4.33. The van der Waals surface area contributed by atoms with Crippen LogP contribution in [0.4, 0.5) is 0 Å². The van der Waals surface area contributed by atoms with Crippen LogP contribution >= 0.6 is 0 Å². The topological polar surface area (TPSA) is 97.7 Å². The number of carbonyl (C=O) groups excluding carboxylic acids is 1. The smallest absolute Gasteiger partial charge is 0.284 e. The van der Waals surface area contributed by atoms with E-state index in [9.17, 15) is 9.59 Å². The maximum Gasteiger partial charge on any atom is 0.284 e. The van der Waals surface area contributed by atoms with Crippen LogP contribution < -0.4 is 20.5 Å². The fourth-order valence-electron chi connectivity index (χ4n) is 3.59. The van der Waals surface area contributed by atoms with Gasteiger partial charge in [-0.25, -0.2) is 10.1 Å². The van der Waals surface area contributed by atoms with Crippen LogP contribution in [-0.4, -0.2) is 34.6 Å². The first-order chi connectivity index (χ1) is 15.6. The molecule has 0 unspecified atom stereocenters. The number of amides is 1. The third-order valence-corrected chi connectivity index (χ3v) is 5.26. The SMILES string of the molecule is Cc1[nH]n(-c2ccccc2)c(=O)c1C=NNC(=O)[C@H]1COc2cc3ccccc3cc2O1. The zero-order chi connectivity index (χ0) is 22.1. The van der Waals surface area contributed by atoms with Gasteiger partial charge in [0, 0.05) is 5.69 Å². The molecule has 0 saturated heterocycles. The maximum atomic E-state index is 12.7. The Balaban J connectivity index is 1.29. The number of aromatic nitrogens is 2. The Kier molecular flexibility index (Phi) is 4.95. The highest BCUT2D eigenvalue weighted by molar-refractivity contribution is 5.88. The zero-order valence-electron chi connectivity index (χ0n) is 17.2. The first-order valence-corrected chi connectivity index (χ1v) is 10.1. The molecule has 0 saturated carbocycles. The molecule has 4 aromatic rings. The van der Waals surface area contributed by atoms with Crippen molar-refractivity contribution in [1.82, 2.24) is 15.2 Å². The summed E-state index contributed by atoms with van der Waals surface area (Å²) >= 11 is 0. The van der Waals surface area contributed by atoms with E-state index >= 15 is 0 Å². The summed E-state index contributed by atoms with van der Waals surface area (Å²) < 4.78 is 13.0. The average Bonchev–Trinajstić information content (AvgIpc) is 3.11. The van der Waals surface area contributed by atoms with Gasteiger partial charge in [0.15, 0.2) is 11.5 Å². The predicted octanol–water partition coefficient (Wildman–Crippen LogP) is 2.92. The quantitative estimate of drug-likeness (QED) is 0.386. The minimum Gasteiger partial charge on any atom is -0.485 e. The van der Waals surface area contributed by atoms with Gasteiger partial charge in [0.1, 0.15) is 6.61 Å². The van der Waals surface area contributed by atoms with Crippen LogP contribution in [0.3, 0.4) is 0 Å². The highest BCUT2D eigenvalue weighted by Crippen LogP contribution is 2.35. The van der Waals surface area contributed by atoms with E-state index in [4.69, 9.17) is 9.47 Å². The molecule has 0 spiro atoms. The Bertz CT molecular complexity index is 1390. The number of aromatic amines is 1. The number of carbonyl (C=O) groups is 1. The fraction of sp³-hybridized carbons (Fsp3) is 0.125. The van der Waals surface area contributed by atoms with Crippen molar-refractivity contribution in [3.63, 3.8) is 0 Å². The molecule has 1 aromatic heterocycles. The summed E-state index contributed by atoms with van der Waals surface area (Å²) in [7, 11) is 0. The van der Waals surface area contributed by atoms with Gasteiger partial charge in [0.25, 0.3) is 11.5 Å². The van der Waals surface area contributed by atoms with E-state index in [1.165, 1.54) is 10.9 Å². The highest BCUT2D eigenvalue weighted by atomic mass is 16.6. The number of fused-ring (bicyclic) bond motifs is 2. The van der Waals surface area contributed by atoms with Crippen molar-refractivity contribution in [3.05, 3.63) is 88.3 Å². The van der Waals surface area contributed by atoms with Crippen molar-refractivity contribution in [1.29, 1.82) is 0 Å². The van der Waals surface area contributed by atoms with Gasteiger partial charge >= 0.3 is 0 Å². The molecule has 1 aliphatic rings. The summed E-state index contributed by atoms with van der Waals surface area (Å²) in [6.07, 6.45) is 0.477. The Morgan fingerprint density at radius 3 is 2.53 bits per heavy atom. The summed E-state index contributed by atoms with van der Waals surface area (Å²) in [5.74, 6) is 0.642. The molecule has 1 aliphatic heterocycles. The van der Waals surface area contributed by atoms with E-state index in [1.807, 2.05) is 66.7 Å². The number of nitrogens with one attached hydrogen (secondary N) is 2. The lowest BCUT2D eigenvalue weighted by molar-refractivity contribution is -0.130. The first-order valence-electron chi connectivity index (χ1n) is 10.1. The number of H-pyrrole nitrogens is 1. The number of benzene rings is 3. The van der Waals surface area contributed by atoms with Crippen LogP contribution in [0.25, 0.3) is 16.5 Å². The molecule has 5 rings (SSSR count). The van der Waals surface area contributed by atoms with Crippen LogP contribution in [0.1, 0.15) is 11.3 Å². The predicted molar refractivity (Wildman–Crippen MR) is 121 cm³/mol. The minimum absolute atomic E-state index is 0.0662. The van der Waals surface area contributed by atoms with Crippen molar-refractivity contribution in [2.75, 3.05) is 6.61 Å². The monoisotopic (exact) mass is 428 g/mol. The fourth-order valence-corrected chi connectivity index (χ4v) is 3.59. The molecule has 8 heteroatoms. The molecule has 2 N–H and O–H groups in total. The summed E-state index contributed by atoms with van der Waals surface area (Å²) in [6.45, 7) is 1.83. The lowest BCUT2D eigenvalue weighted by atomic mass is 10.1. The van der Waals surface area contributed by atoms with Gasteiger partial charge in [-0.3, -0.25) is 14.7 Å². The van der Waals surface area contributed by atoms with Gasteiger partial charge in [0.05, 0.1) is 17.5 Å². The molecule has 0 bridgehead atoms. The summed E-state index contributed by atoms with van der Waals surface area (Å²) in [4.78, 5) is 25.2. The average molecular weight is 428 g/mol. The van der Waals surface area contributed by atoms with Gasteiger partial charge in [0.2, 0.25) is 6.10 Å². The molecule has 160 valence electrons. The Morgan fingerprint density at radius 2 is 1.78 bits per heavy atom. The number of ether oxygens (including phenoxy) is 2. The van der Waals surface area contributed by atoms with E-state index < -0.39 is 12.0 Å². The molecule has 8 nitrogen and oxygen atoms in total. The minimum atomic E-state index is -0.853. The zero-order valence-corrected chi connectivity index (χ0v) is 17.2. The first kappa shape index (κ1) is 19.6. The molecule has 0 fully saturated rings. The van der Waals surface area contributed by atoms with Gasteiger partial charge < -0.3 is 9.47 Å². The molecule has 2 heterocycles. The standard InChI is InChI=1S/C24H20N4O4/c1-15-19(24(30)28(27-15)18-9-3-2-4-10-18)13-25-26-23(29)22-14-31-20-11-16-7-5-6-8-17(16)12-21(20)32-22/h2-13,22,27H,14H2,1H3,(H,26,29)/t22-/m1/s1. The van der Waals surface area contributed by atoms with E-state index in [2.05, 4.69) is 15.6 Å². The number of hydrazone groups is 1. The van der Waals surface area contributed by atoms with E-state index in [-0.39, 0.29) is 12.2 Å². The second kappa shape index (κ2) is 8.07. The number of rotatable bonds is 4. The molecular weight excluding hydrogens is 408 g/mol. The second-order valence-corrected chi connectivity index (χ2v) is 7.42. The molecule has 3 aromatic carbocycles. The van der Waals surface area contributed by atoms with Crippen LogP contribution in [-0.2, 0) is 4.79 Å². The number of hydrogen-bond acceptors (Lipinski definition) is 5. The number of aryl methyl sites for hydroxylation is 1. The largest absolute Gasteiger partial charge is 0.485 e. The van der Waals surface area contributed by atoms with Crippen LogP contribution in [0, 0.1) is 6.92 Å². The molecular formula is C24H20N4O4. The van der Waals surface area contributed by atoms with Crippen LogP contribution in [0.5, 0.6) is 11.5 Å². The summed E-state index contributed by atoms with van der Waals surface area (Å²) in [5.41, 5.74) is 3.88. The summed E-state index contributed by atoms with van der Waals surface area (Å²) in [6, 6.07) is 20.8. The van der Waals surface area contributed by atoms with Crippen molar-refractivity contribution in [3.8, 4) is 17.2 Å². The third kappa shape index (κ3) is 3.62. The van der Waals surface area contributed by atoms with Crippen molar-refractivity contribution in [2.45, 2.75) is 13.0 Å². The number of nitrogens with zero attached hydrogens (tertiary/aromatic N) is 2. The van der Waals surface area contributed by atoms with E-state index in [1.54, 1.807) is 6.92 Å². The molecule has 32 heavy (non-hydrogen) atoms. The number of hydrogen-bond donors (Lipinski definition) is 2. The van der Waals surface area contributed by atoms with E-state index in [0.29, 0.717) is 28.4 Å². The molecule has 1 amide bonds. The van der Waals surface area contributed by atoms with Crippen LogP contribution in [0.2, 0.25) is 0 Å². The van der Waals surface area contributed by atoms with Crippen molar-refractivity contribution < 1.29 is 14.3 Å². The molecule has 1 atom stereocenters. The number of para-hydroxylation sites is 1. The van der Waals surface area contributed by atoms with Gasteiger partial charge in [-0.2, -0.15) is 5.10 Å². The third-order valence-electron chi connectivity index (χ3n) is 5.26. The highest BCUT2D eigenvalue weighted by Gasteiger charge is 2.27. The van der Waals surface area contributed by atoms with Gasteiger partial charge in [-0.15, -0.1) is 0 Å². The van der Waals surface area contributed by atoms with Gasteiger partial charge in [-0.05, 0) is 42.0 Å². The summed E-state index contributed by atoms with van der Waals surface area (Å²) in [5, 5.41) is 8.99. The second-order valence-electron chi connectivity index (χ2n) is 7.42. The normalized spacial score (nSPS) is 15.2. The lowest BCUT2D eigenvalue weighted by Crippen LogP contribution is -2.42. The maximum absolute atomic E-state index is 12.7. The lowest BCUT2D eigenvalue weighted by Gasteiger charge is -2.25. The van der Waals surface area contributed by atoms with Gasteiger partial charge in [-0.1, -0.05) is 42.5 Å². The van der Waals surface area contributed by atoms with E-state index in [0.717, 1.165) is 10.8 Å². The van der Waals surface area contributed by atoms with Crippen molar-refractivity contribution in [2.24, 2.45) is 5.10 Å².